The number of nitrogens with zero attached hydrogens (tertiary/aromatic N) is 1. The van der Waals surface area contributed by atoms with Crippen molar-refractivity contribution in [1.29, 1.82) is 0 Å². The Morgan fingerprint density at radius 1 is 1.42 bits per heavy atom. The second-order valence-corrected chi connectivity index (χ2v) is 4.50. The van der Waals surface area contributed by atoms with Gasteiger partial charge in [-0.1, -0.05) is 19.1 Å². The molecule has 0 bridgehead atoms. The van der Waals surface area contributed by atoms with Crippen molar-refractivity contribution in [2.24, 2.45) is 5.92 Å². The molecule has 4 heteroatoms. The molecular weight excluding hydrogens is 242 g/mol. The molecule has 0 saturated carbocycles. The number of carboxylic acid groups (broad SMARTS) is 1. The molecule has 2 rings (SSSR count). The van der Waals surface area contributed by atoms with E-state index < -0.39 is 11.9 Å². The Bertz CT molecular complexity index is 595. The first kappa shape index (κ1) is 13.3. The molecule has 0 amide bonds. The normalized spacial score (nSPS) is 12.3. The zero-order valence-electron chi connectivity index (χ0n) is 11.1. The lowest BCUT2D eigenvalue weighted by molar-refractivity contribution is -0.141. The summed E-state index contributed by atoms with van der Waals surface area (Å²) in [7, 11) is 0. The van der Waals surface area contributed by atoms with Gasteiger partial charge in [-0.05, 0) is 31.0 Å². The Morgan fingerprint density at radius 3 is 2.89 bits per heavy atom. The van der Waals surface area contributed by atoms with Crippen molar-refractivity contribution in [3.8, 4) is 5.75 Å². The first-order valence-electron chi connectivity index (χ1n) is 6.35. The summed E-state index contributed by atoms with van der Waals surface area (Å²) in [6.07, 6.45) is 2.21. The fraction of sp³-hybridized carbons (Fsp3) is 0.333. The number of fused-ring (bicyclic) bond motifs is 1. The molecule has 19 heavy (non-hydrogen) atoms. The highest BCUT2D eigenvalue weighted by atomic mass is 16.5. The van der Waals surface area contributed by atoms with Gasteiger partial charge in [-0.15, -0.1) is 0 Å². The molecule has 2 aromatic rings. The zero-order chi connectivity index (χ0) is 13.8. The van der Waals surface area contributed by atoms with Crippen LogP contribution in [0.3, 0.4) is 0 Å². The molecule has 4 nitrogen and oxygen atoms in total. The van der Waals surface area contributed by atoms with Crippen LogP contribution in [-0.2, 0) is 11.2 Å². The third-order valence-corrected chi connectivity index (χ3v) is 3.07. The summed E-state index contributed by atoms with van der Waals surface area (Å²) in [4.78, 5) is 15.3. The monoisotopic (exact) mass is 259 g/mol. The average molecular weight is 259 g/mol. The van der Waals surface area contributed by atoms with E-state index in [-0.39, 0.29) is 0 Å². The minimum absolute atomic E-state index is 0.415. The minimum atomic E-state index is -0.786. The van der Waals surface area contributed by atoms with E-state index in [1.807, 2.05) is 31.2 Å². The standard InChI is InChI=1S/C15H17NO3/c1-3-19-13-7-6-11(9-10(2)15(17)18)12-5-4-8-16-14(12)13/h4-8,10H,3,9H2,1-2H3,(H,17,18). The maximum atomic E-state index is 11.0. The van der Waals surface area contributed by atoms with E-state index in [2.05, 4.69) is 4.98 Å². The van der Waals surface area contributed by atoms with Gasteiger partial charge < -0.3 is 9.84 Å². The molecule has 0 aliphatic heterocycles. The quantitative estimate of drug-likeness (QED) is 0.897. The average Bonchev–Trinajstić information content (AvgIpc) is 2.41. The number of hydrogen-bond donors (Lipinski definition) is 1. The van der Waals surface area contributed by atoms with E-state index in [0.717, 1.165) is 22.2 Å². The second-order valence-electron chi connectivity index (χ2n) is 4.50. The van der Waals surface area contributed by atoms with Crippen molar-refractivity contribution in [2.45, 2.75) is 20.3 Å². The van der Waals surface area contributed by atoms with Gasteiger partial charge in [0.2, 0.25) is 0 Å². The molecule has 1 atom stereocenters. The first-order valence-corrected chi connectivity index (χ1v) is 6.35. The highest BCUT2D eigenvalue weighted by molar-refractivity contribution is 5.88. The van der Waals surface area contributed by atoms with E-state index in [0.29, 0.717) is 13.0 Å². The van der Waals surface area contributed by atoms with Crippen LogP contribution in [0.25, 0.3) is 10.9 Å². The smallest absolute Gasteiger partial charge is 0.306 e. The highest BCUT2D eigenvalue weighted by Gasteiger charge is 2.15. The Labute approximate surface area is 112 Å². The van der Waals surface area contributed by atoms with Gasteiger partial charge in [-0.25, -0.2) is 0 Å². The van der Waals surface area contributed by atoms with Crippen LogP contribution in [0.5, 0.6) is 5.75 Å². The number of pyridine rings is 1. The molecule has 0 aliphatic carbocycles. The van der Waals surface area contributed by atoms with Crippen LogP contribution < -0.4 is 4.74 Å². The van der Waals surface area contributed by atoms with Crippen molar-refractivity contribution in [3.63, 3.8) is 0 Å². The van der Waals surface area contributed by atoms with Gasteiger partial charge in [0.15, 0.2) is 0 Å². The highest BCUT2D eigenvalue weighted by Crippen LogP contribution is 2.28. The maximum Gasteiger partial charge on any atom is 0.306 e. The lowest BCUT2D eigenvalue weighted by Crippen LogP contribution is -2.12. The van der Waals surface area contributed by atoms with Gasteiger partial charge in [-0.2, -0.15) is 0 Å². The van der Waals surface area contributed by atoms with E-state index in [1.165, 1.54) is 0 Å². The Hall–Kier alpha value is -2.10. The predicted octanol–water partition coefficient (Wildman–Crippen LogP) is 2.90. The van der Waals surface area contributed by atoms with E-state index in [9.17, 15) is 4.79 Å². The van der Waals surface area contributed by atoms with Crippen LogP contribution in [0, 0.1) is 5.92 Å². The maximum absolute atomic E-state index is 11.0. The van der Waals surface area contributed by atoms with Crippen LogP contribution in [-0.4, -0.2) is 22.7 Å². The molecule has 1 aromatic carbocycles. The third kappa shape index (κ3) is 2.84. The van der Waals surface area contributed by atoms with Crippen LogP contribution in [0.2, 0.25) is 0 Å². The molecule has 0 saturated heterocycles. The molecule has 1 heterocycles. The third-order valence-electron chi connectivity index (χ3n) is 3.07. The van der Waals surface area contributed by atoms with Crippen LogP contribution >= 0.6 is 0 Å². The van der Waals surface area contributed by atoms with Gasteiger partial charge in [0, 0.05) is 11.6 Å². The van der Waals surface area contributed by atoms with Crippen molar-refractivity contribution in [3.05, 3.63) is 36.0 Å². The van der Waals surface area contributed by atoms with Crippen LogP contribution in [0.15, 0.2) is 30.5 Å². The van der Waals surface area contributed by atoms with Crippen molar-refractivity contribution >= 4 is 16.9 Å². The molecule has 0 fully saturated rings. The minimum Gasteiger partial charge on any atom is -0.492 e. The summed E-state index contributed by atoms with van der Waals surface area (Å²) in [6.45, 7) is 4.22. The SMILES string of the molecule is CCOc1ccc(CC(C)C(=O)O)c2cccnc12. The lowest BCUT2D eigenvalue weighted by Gasteiger charge is -2.12. The molecular formula is C15H17NO3. The van der Waals surface area contributed by atoms with Gasteiger partial charge in [0.05, 0.1) is 12.5 Å². The van der Waals surface area contributed by atoms with E-state index in [4.69, 9.17) is 9.84 Å². The van der Waals surface area contributed by atoms with E-state index >= 15 is 0 Å². The first-order chi connectivity index (χ1) is 9.13. The number of benzene rings is 1. The Kier molecular flexibility index (Phi) is 4.00. The summed E-state index contributed by atoms with van der Waals surface area (Å²) < 4.78 is 5.55. The lowest BCUT2D eigenvalue weighted by atomic mass is 9.97. The van der Waals surface area contributed by atoms with Gasteiger partial charge in [0.1, 0.15) is 11.3 Å². The zero-order valence-corrected chi connectivity index (χ0v) is 11.1. The number of aliphatic carboxylic acids is 1. The van der Waals surface area contributed by atoms with Crippen LogP contribution in [0.4, 0.5) is 0 Å². The largest absolute Gasteiger partial charge is 0.492 e. The Balaban J connectivity index is 2.46. The fourth-order valence-corrected chi connectivity index (χ4v) is 2.07. The molecule has 1 aromatic heterocycles. The van der Waals surface area contributed by atoms with Gasteiger partial charge in [0.25, 0.3) is 0 Å². The Morgan fingerprint density at radius 2 is 2.21 bits per heavy atom. The number of ether oxygens (including phenoxy) is 1. The summed E-state index contributed by atoms with van der Waals surface area (Å²) in [5.41, 5.74) is 1.78. The summed E-state index contributed by atoms with van der Waals surface area (Å²) in [5.74, 6) is -0.461. The number of hydrogen-bond acceptors (Lipinski definition) is 3. The molecule has 1 N–H and O–H groups in total. The van der Waals surface area contributed by atoms with Gasteiger partial charge in [-0.3, -0.25) is 9.78 Å². The molecule has 100 valence electrons. The number of aromatic nitrogens is 1. The van der Waals surface area contributed by atoms with E-state index in [1.54, 1.807) is 13.1 Å². The molecule has 0 spiro atoms. The topological polar surface area (TPSA) is 59.4 Å². The van der Waals surface area contributed by atoms with Crippen molar-refractivity contribution in [2.75, 3.05) is 6.61 Å². The molecule has 0 aliphatic rings. The summed E-state index contributed by atoms with van der Waals surface area (Å²) in [6, 6.07) is 7.60. The van der Waals surface area contributed by atoms with Gasteiger partial charge >= 0.3 is 5.97 Å². The number of carbonyl (C=O) groups is 1. The fourth-order valence-electron chi connectivity index (χ4n) is 2.07. The van der Waals surface area contributed by atoms with Crippen molar-refractivity contribution in [1.82, 2.24) is 4.98 Å². The second kappa shape index (κ2) is 5.69. The molecule has 1 unspecified atom stereocenters. The summed E-state index contributed by atoms with van der Waals surface area (Å²) in [5, 5.41) is 9.97. The summed E-state index contributed by atoms with van der Waals surface area (Å²) >= 11 is 0. The number of carboxylic acids is 1. The molecule has 0 radical (unpaired) electrons. The van der Waals surface area contributed by atoms with Crippen LogP contribution in [0.1, 0.15) is 19.4 Å². The number of rotatable bonds is 5. The van der Waals surface area contributed by atoms with Crippen molar-refractivity contribution < 1.29 is 14.6 Å². The predicted molar refractivity (Wildman–Crippen MR) is 73.4 cm³/mol.